The summed E-state index contributed by atoms with van der Waals surface area (Å²) in [6, 6.07) is 3.57. The minimum absolute atomic E-state index is 0.278. The zero-order valence-electron chi connectivity index (χ0n) is 12.0. The van der Waals surface area contributed by atoms with E-state index in [-0.39, 0.29) is 5.82 Å². The van der Waals surface area contributed by atoms with Gasteiger partial charge >= 0.3 is 5.82 Å². The van der Waals surface area contributed by atoms with Crippen LogP contribution in [-0.4, -0.2) is 43.2 Å². The third kappa shape index (κ3) is 4.16. The fourth-order valence-corrected chi connectivity index (χ4v) is 2.37. The molecule has 0 aromatic carbocycles. The highest BCUT2D eigenvalue weighted by atomic mass is 16.8. The number of rotatable bonds is 3. The molecule has 1 aromatic rings. The van der Waals surface area contributed by atoms with E-state index in [1.54, 1.807) is 12.3 Å². The molecular weight excluding hydrogens is 256 g/mol. The number of hydrogen-bond acceptors (Lipinski definition) is 5. The van der Waals surface area contributed by atoms with Crippen LogP contribution in [0.15, 0.2) is 18.3 Å². The van der Waals surface area contributed by atoms with Crippen molar-refractivity contribution in [3.8, 4) is 0 Å². The molecule has 1 N–H and O–H groups in total. The van der Waals surface area contributed by atoms with Crippen molar-refractivity contribution in [2.45, 2.75) is 25.7 Å². The fourth-order valence-electron chi connectivity index (χ4n) is 2.37. The molecule has 2 saturated heterocycles. The van der Waals surface area contributed by atoms with Crippen LogP contribution in [-0.2, 0) is 4.84 Å². The Morgan fingerprint density at radius 2 is 1.90 bits per heavy atom. The number of nitrogens with zero attached hydrogens (tertiary/aromatic N) is 3. The van der Waals surface area contributed by atoms with Gasteiger partial charge in [-0.3, -0.25) is 0 Å². The van der Waals surface area contributed by atoms with Crippen molar-refractivity contribution >= 4 is 11.5 Å². The van der Waals surface area contributed by atoms with Gasteiger partial charge < -0.3 is 15.1 Å². The molecule has 0 spiro atoms. The standard InChI is InChI=1S/C10H14N3O2.C4H9N/c1-15-13(14)10-5-4-9(8-11-10)12-6-2-3-7-12;1-2-4-5-3-1/h4-5,8H,2-3,6-7H2,1H3;5H,1-4H2/q+1;. The molecule has 1 aromatic heterocycles. The van der Waals surface area contributed by atoms with Crippen molar-refractivity contribution < 1.29 is 9.76 Å². The van der Waals surface area contributed by atoms with Crippen LogP contribution in [0.2, 0.25) is 0 Å². The maximum Gasteiger partial charge on any atom is 0.408 e. The first-order valence-electron chi connectivity index (χ1n) is 7.24. The zero-order chi connectivity index (χ0) is 14.2. The summed E-state index contributed by atoms with van der Waals surface area (Å²) in [7, 11) is 1.32. The van der Waals surface area contributed by atoms with Crippen molar-refractivity contribution in [1.29, 1.82) is 0 Å². The van der Waals surface area contributed by atoms with E-state index in [1.807, 2.05) is 6.07 Å². The molecule has 110 valence electrons. The Morgan fingerprint density at radius 3 is 2.35 bits per heavy atom. The van der Waals surface area contributed by atoms with Gasteiger partial charge in [-0.25, -0.2) is 0 Å². The number of pyridine rings is 1. The molecule has 0 saturated carbocycles. The summed E-state index contributed by atoms with van der Waals surface area (Å²) in [4.78, 5) is 22.3. The monoisotopic (exact) mass is 279 g/mol. The van der Waals surface area contributed by atoms with E-state index in [0.29, 0.717) is 4.92 Å². The molecule has 0 atom stereocenters. The van der Waals surface area contributed by atoms with Gasteiger partial charge in [0.1, 0.15) is 7.11 Å². The smallest absolute Gasteiger partial charge is 0.368 e. The zero-order valence-corrected chi connectivity index (χ0v) is 12.0. The summed E-state index contributed by atoms with van der Waals surface area (Å²) in [6.07, 6.45) is 6.95. The third-order valence-corrected chi connectivity index (χ3v) is 3.51. The molecule has 2 aliphatic rings. The van der Waals surface area contributed by atoms with Crippen molar-refractivity contribution in [2.24, 2.45) is 0 Å². The van der Waals surface area contributed by atoms with Crippen LogP contribution in [0.1, 0.15) is 25.7 Å². The lowest BCUT2D eigenvalue weighted by Gasteiger charge is -2.14. The Balaban J connectivity index is 0.000000247. The fraction of sp³-hybridized carbons (Fsp3) is 0.643. The third-order valence-electron chi connectivity index (χ3n) is 3.51. The van der Waals surface area contributed by atoms with Crippen molar-refractivity contribution in [3.05, 3.63) is 23.2 Å². The highest BCUT2D eigenvalue weighted by molar-refractivity contribution is 5.46. The summed E-state index contributed by atoms with van der Waals surface area (Å²) in [5.74, 6) is 0.278. The van der Waals surface area contributed by atoms with Gasteiger partial charge in [0.15, 0.2) is 11.1 Å². The Labute approximate surface area is 119 Å². The molecule has 0 bridgehead atoms. The molecule has 0 aliphatic carbocycles. The molecular formula is C14H23N4O2+. The van der Waals surface area contributed by atoms with E-state index < -0.39 is 0 Å². The Bertz CT molecular complexity index is 404. The molecule has 0 amide bonds. The molecule has 0 unspecified atom stereocenters. The SMILES string of the molecule is C1CCNC1.CO[N+](=O)c1ccc(N2CCCC2)cn1. The molecule has 2 fully saturated rings. The molecule has 3 rings (SSSR count). The molecule has 6 nitrogen and oxygen atoms in total. The second kappa shape index (κ2) is 7.79. The highest BCUT2D eigenvalue weighted by Crippen LogP contribution is 2.20. The number of hydrogen-bond donors (Lipinski definition) is 1. The summed E-state index contributed by atoms with van der Waals surface area (Å²) in [6.45, 7) is 4.65. The minimum Gasteiger partial charge on any atom is -0.368 e. The summed E-state index contributed by atoms with van der Waals surface area (Å²) < 4.78 is 0. The lowest BCUT2D eigenvalue weighted by Crippen LogP contribution is -2.17. The van der Waals surface area contributed by atoms with E-state index in [9.17, 15) is 4.91 Å². The first-order valence-corrected chi connectivity index (χ1v) is 7.24. The minimum atomic E-state index is 0.278. The van der Waals surface area contributed by atoms with E-state index in [1.165, 1.54) is 45.9 Å². The highest BCUT2D eigenvalue weighted by Gasteiger charge is 2.17. The average molecular weight is 279 g/mol. The van der Waals surface area contributed by atoms with Gasteiger partial charge in [-0.2, -0.15) is 0 Å². The first kappa shape index (κ1) is 14.7. The molecule has 0 radical (unpaired) electrons. The largest absolute Gasteiger partial charge is 0.408 e. The first-order chi connectivity index (χ1) is 9.81. The predicted molar refractivity (Wildman–Crippen MR) is 78.1 cm³/mol. The van der Waals surface area contributed by atoms with Crippen LogP contribution in [0.25, 0.3) is 0 Å². The van der Waals surface area contributed by atoms with Crippen LogP contribution in [0.3, 0.4) is 0 Å². The predicted octanol–water partition coefficient (Wildman–Crippen LogP) is 2.02. The maximum atomic E-state index is 11.1. The number of anilines is 1. The maximum absolute atomic E-state index is 11.1. The molecule has 6 heteroatoms. The lowest BCUT2D eigenvalue weighted by molar-refractivity contribution is -0.739. The normalized spacial score (nSPS) is 17.6. The Kier molecular flexibility index (Phi) is 5.73. The van der Waals surface area contributed by atoms with Gasteiger partial charge in [0, 0.05) is 19.2 Å². The van der Waals surface area contributed by atoms with Gasteiger partial charge in [-0.15, -0.1) is 0 Å². The Hall–Kier alpha value is -1.69. The van der Waals surface area contributed by atoms with E-state index in [0.717, 1.165) is 18.8 Å². The molecule has 20 heavy (non-hydrogen) atoms. The second-order valence-corrected chi connectivity index (χ2v) is 4.97. The van der Waals surface area contributed by atoms with Crippen molar-refractivity contribution in [3.63, 3.8) is 0 Å². The lowest BCUT2D eigenvalue weighted by atomic mass is 10.4. The van der Waals surface area contributed by atoms with E-state index >= 15 is 0 Å². The van der Waals surface area contributed by atoms with Crippen LogP contribution >= 0.6 is 0 Å². The quantitative estimate of drug-likeness (QED) is 0.858. The number of nitrogens with one attached hydrogen (secondary N) is 1. The molecule has 3 heterocycles. The van der Waals surface area contributed by atoms with Gasteiger partial charge in [-0.1, -0.05) is 0 Å². The van der Waals surface area contributed by atoms with Gasteiger partial charge in [0.05, 0.1) is 5.69 Å². The van der Waals surface area contributed by atoms with Crippen LogP contribution in [0.4, 0.5) is 11.5 Å². The van der Waals surface area contributed by atoms with Gasteiger partial charge in [-0.05, 0) is 54.7 Å². The second-order valence-electron chi connectivity index (χ2n) is 4.97. The van der Waals surface area contributed by atoms with Crippen LogP contribution in [0, 0.1) is 4.91 Å². The summed E-state index contributed by atoms with van der Waals surface area (Å²) in [5.41, 5.74) is 1.07. The van der Waals surface area contributed by atoms with E-state index in [4.69, 9.17) is 0 Å². The number of aromatic nitrogens is 1. The Morgan fingerprint density at radius 1 is 1.20 bits per heavy atom. The summed E-state index contributed by atoms with van der Waals surface area (Å²) >= 11 is 0. The van der Waals surface area contributed by atoms with Gasteiger partial charge in [0.2, 0.25) is 0 Å². The summed E-state index contributed by atoms with van der Waals surface area (Å²) in [5, 5.41) is 3.22. The molecule has 2 aliphatic heterocycles. The van der Waals surface area contributed by atoms with Crippen molar-refractivity contribution in [2.75, 3.05) is 38.2 Å². The van der Waals surface area contributed by atoms with Crippen molar-refractivity contribution in [1.82, 2.24) is 10.3 Å². The van der Waals surface area contributed by atoms with Crippen LogP contribution < -0.4 is 10.2 Å². The topological polar surface area (TPSA) is 57.5 Å². The van der Waals surface area contributed by atoms with Gasteiger partial charge in [0.25, 0.3) is 0 Å². The average Bonchev–Trinajstić information content (AvgIpc) is 3.21. The van der Waals surface area contributed by atoms with Crippen LogP contribution in [0.5, 0.6) is 0 Å². The van der Waals surface area contributed by atoms with E-state index in [2.05, 4.69) is 20.0 Å².